The molecule has 0 spiro atoms. The Morgan fingerprint density at radius 1 is 1.22 bits per heavy atom. The first-order chi connectivity index (χ1) is 17.4. The Balaban J connectivity index is 1.20. The van der Waals surface area contributed by atoms with Gasteiger partial charge >= 0.3 is 6.01 Å². The standard InChI is InChI=1S/C24H26FN5O4S2/c1-14(2)21-28-23(34-29-21)30-10-9-17(18(25)11-30)12-33-24-27-20-8-7-19(26-22(20)35-24)16-5-3-15(4-6-16)13-36(31)32/h3-8,14,17-18H,9-13H2,1-2H3,(H,31,32)/t17-,18-/m0/s1. The van der Waals surface area contributed by atoms with E-state index in [0.717, 1.165) is 27.2 Å². The average Bonchev–Trinajstić information content (AvgIpc) is 3.50. The summed E-state index contributed by atoms with van der Waals surface area (Å²) in [6.45, 7) is 5.00. The fourth-order valence-corrected chi connectivity index (χ4v) is 5.29. The number of thiazole rings is 1. The van der Waals surface area contributed by atoms with Gasteiger partial charge in [-0.2, -0.15) is 4.98 Å². The molecule has 0 bridgehead atoms. The molecule has 4 aromatic rings. The maximum absolute atomic E-state index is 14.9. The Morgan fingerprint density at radius 2 is 2.03 bits per heavy atom. The molecule has 1 aliphatic rings. The number of halogens is 1. The number of benzene rings is 1. The highest BCUT2D eigenvalue weighted by atomic mass is 32.2. The van der Waals surface area contributed by atoms with Gasteiger partial charge in [0.15, 0.2) is 16.9 Å². The van der Waals surface area contributed by atoms with Crippen molar-refractivity contribution in [3.63, 3.8) is 0 Å². The van der Waals surface area contributed by atoms with Crippen LogP contribution in [0.4, 0.5) is 10.4 Å². The Kier molecular flexibility index (Phi) is 7.26. The minimum atomic E-state index is -1.87. The molecular weight excluding hydrogens is 505 g/mol. The Morgan fingerprint density at radius 3 is 2.72 bits per heavy atom. The quantitative estimate of drug-likeness (QED) is 0.319. The van der Waals surface area contributed by atoms with E-state index < -0.39 is 17.3 Å². The van der Waals surface area contributed by atoms with Crippen molar-refractivity contribution < 1.29 is 22.4 Å². The smallest absolute Gasteiger partial charge is 0.324 e. The maximum atomic E-state index is 14.9. The lowest BCUT2D eigenvalue weighted by molar-refractivity contribution is 0.130. The van der Waals surface area contributed by atoms with Gasteiger partial charge in [-0.1, -0.05) is 54.6 Å². The zero-order valence-corrected chi connectivity index (χ0v) is 21.5. The highest BCUT2D eigenvalue weighted by molar-refractivity contribution is 7.78. The molecule has 5 rings (SSSR count). The second-order valence-electron chi connectivity index (χ2n) is 9.07. The number of nitrogens with zero attached hydrogens (tertiary/aromatic N) is 5. The second kappa shape index (κ2) is 10.6. The highest BCUT2D eigenvalue weighted by Crippen LogP contribution is 2.31. The summed E-state index contributed by atoms with van der Waals surface area (Å²) in [6.07, 6.45) is -0.480. The topological polar surface area (TPSA) is 114 Å². The largest absolute Gasteiger partial charge is 0.470 e. The summed E-state index contributed by atoms with van der Waals surface area (Å²) in [5, 5.41) is 4.42. The molecule has 0 saturated carbocycles. The Hall–Kier alpha value is -2.96. The van der Waals surface area contributed by atoms with E-state index in [0.29, 0.717) is 30.0 Å². The first kappa shape index (κ1) is 24.7. The molecule has 1 aromatic carbocycles. The van der Waals surface area contributed by atoms with Crippen molar-refractivity contribution >= 4 is 38.8 Å². The van der Waals surface area contributed by atoms with E-state index in [9.17, 15) is 8.60 Å². The number of pyridine rings is 1. The summed E-state index contributed by atoms with van der Waals surface area (Å²) in [6, 6.07) is 11.5. The molecule has 36 heavy (non-hydrogen) atoms. The van der Waals surface area contributed by atoms with Gasteiger partial charge in [0.2, 0.25) is 0 Å². The fourth-order valence-electron chi connectivity index (χ4n) is 4.02. The third-order valence-corrected chi connectivity index (χ3v) is 7.55. The molecule has 1 N–H and O–H groups in total. The van der Waals surface area contributed by atoms with Crippen LogP contribution in [0.5, 0.6) is 5.19 Å². The predicted octanol–water partition coefficient (Wildman–Crippen LogP) is 4.83. The number of piperidine rings is 1. The van der Waals surface area contributed by atoms with Crippen LogP contribution in [0.3, 0.4) is 0 Å². The Bertz CT molecular complexity index is 1360. The second-order valence-corrected chi connectivity index (χ2v) is 10.9. The van der Waals surface area contributed by atoms with Gasteiger partial charge in [-0.15, -0.1) is 0 Å². The van der Waals surface area contributed by atoms with Crippen molar-refractivity contribution in [1.82, 2.24) is 20.1 Å². The molecule has 1 saturated heterocycles. The third-order valence-electron chi connectivity index (χ3n) is 6.09. The predicted molar refractivity (Wildman–Crippen MR) is 136 cm³/mol. The maximum Gasteiger partial charge on any atom is 0.324 e. The minimum absolute atomic E-state index is 0.0943. The van der Waals surface area contributed by atoms with Crippen LogP contribution >= 0.6 is 11.3 Å². The van der Waals surface area contributed by atoms with Crippen LogP contribution in [0, 0.1) is 5.92 Å². The van der Waals surface area contributed by atoms with Crippen LogP contribution in [0.25, 0.3) is 21.6 Å². The van der Waals surface area contributed by atoms with Crippen LogP contribution in [-0.4, -0.2) is 54.7 Å². The van der Waals surface area contributed by atoms with Crippen molar-refractivity contribution in [2.75, 3.05) is 24.6 Å². The molecule has 3 aromatic heterocycles. The first-order valence-corrected chi connectivity index (χ1v) is 13.7. The van der Waals surface area contributed by atoms with Crippen molar-refractivity contribution in [3.8, 4) is 16.5 Å². The summed E-state index contributed by atoms with van der Waals surface area (Å²) in [5.74, 6) is 0.613. The summed E-state index contributed by atoms with van der Waals surface area (Å²) >= 11 is -0.547. The van der Waals surface area contributed by atoms with Gasteiger partial charge in [-0.05, 0) is 24.1 Å². The van der Waals surface area contributed by atoms with E-state index in [1.807, 2.05) is 50.2 Å². The lowest BCUT2D eigenvalue weighted by Gasteiger charge is -2.32. The average molecular weight is 532 g/mol. The monoisotopic (exact) mass is 531 g/mol. The molecule has 0 radical (unpaired) electrons. The van der Waals surface area contributed by atoms with E-state index in [1.54, 1.807) is 4.90 Å². The number of alkyl halides is 1. The molecular formula is C24H26FN5O4S2. The van der Waals surface area contributed by atoms with Gasteiger partial charge in [0.05, 0.1) is 24.6 Å². The minimum Gasteiger partial charge on any atom is -0.470 e. The first-order valence-electron chi connectivity index (χ1n) is 11.7. The molecule has 1 aliphatic heterocycles. The number of hydrogen-bond donors (Lipinski definition) is 1. The van der Waals surface area contributed by atoms with Gasteiger partial charge < -0.3 is 18.7 Å². The fraction of sp³-hybridized carbons (Fsp3) is 0.417. The summed E-state index contributed by atoms with van der Waals surface area (Å²) < 4.78 is 46.1. The summed E-state index contributed by atoms with van der Waals surface area (Å²) in [5.41, 5.74) is 3.17. The van der Waals surface area contributed by atoms with E-state index >= 15 is 0 Å². The van der Waals surface area contributed by atoms with Gasteiger partial charge in [-0.25, -0.2) is 18.6 Å². The molecule has 190 valence electrons. The molecule has 1 unspecified atom stereocenters. The van der Waals surface area contributed by atoms with Crippen molar-refractivity contribution in [1.29, 1.82) is 0 Å². The lowest BCUT2D eigenvalue weighted by atomic mass is 9.96. The van der Waals surface area contributed by atoms with Crippen LogP contribution in [0.2, 0.25) is 0 Å². The molecule has 4 heterocycles. The van der Waals surface area contributed by atoms with Crippen molar-refractivity contribution in [2.45, 2.75) is 38.1 Å². The van der Waals surface area contributed by atoms with Crippen molar-refractivity contribution in [2.24, 2.45) is 5.92 Å². The molecule has 3 atom stereocenters. The van der Waals surface area contributed by atoms with E-state index in [2.05, 4.69) is 20.1 Å². The van der Waals surface area contributed by atoms with Crippen LogP contribution in [0.15, 0.2) is 40.9 Å². The number of ether oxygens (including phenoxy) is 1. The van der Waals surface area contributed by atoms with Crippen LogP contribution < -0.4 is 9.64 Å². The number of aromatic nitrogens is 4. The molecule has 0 amide bonds. The summed E-state index contributed by atoms with van der Waals surface area (Å²) in [7, 11) is 0. The van der Waals surface area contributed by atoms with E-state index in [1.165, 1.54) is 11.3 Å². The highest BCUT2D eigenvalue weighted by Gasteiger charge is 2.32. The number of anilines is 1. The third kappa shape index (κ3) is 5.55. The molecule has 12 heteroatoms. The van der Waals surface area contributed by atoms with Gasteiger partial charge in [0.1, 0.15) is 16.5 Å². The number of hydrogen-bond acceptors (Lipinski definition) is 9. The Labute approximate surface area is 214 Å². The molecule has 1 fully saturated rings. The SMILES string of the molecule is CC(C)c1noc(N2CC[C@@H](COc3nc4ccc(-c5ccc(CS(=O)O)cc5)nc4s3)[C@@H](F)C2)n1. The van der Waals surface area contributed by atoms with E-state index in [-0.39, 0.29) is 30.7 Å². The van der Waals surface area contributed by atoms with Crippen LogP contribution in [-0.2, 0) is 16.8 Å². The van der Waals surface area contributed by atoms with Gasteiger partial charge in [-0.3, -0.25) is 0 Å². The zero-order valence-electron chi connectivity index (χ0n) is 19.8. The van der Waals surface area contributed by atoms with Gasteiger partial charge in [0, 0.05) is 23.9 Å². The van der Waals surface area contributed by atoms with Gasteiger partial charge in [0.25, 0.3) is 5.19 Å². The van der Waals surface area contributed by atoms with Crippen LogP contribution in [0.1, 0.15) is 37.6 Å². The zero-order chi connectivity index (χ0) is 25.2. The van der Waals surface area contributed by atoms with E-state index in [4.69, 9.17) is 13.8 Å². The molecule has 9 nitrogen and oxygen atoms in total. The summed E-state index contributed by atoms with van der Waals surface area (Å²) in [4.78, 5) is 16.1. The normalized spacial score (nSPS) is 19.2. The lowest BCUT2D eigenvalue weighted by Crippen LogP contribution is -2.44. The number of fused-ring (bicyclic) bond motifs is 1. The van der Waals surface area contributed by atoms with Crippen molar-refractivity contribution in [3.05, 3.63) is 47.8 Å². The molecule has 0 aliphatic carbocycles. The number of rotatable bonds is 8.